The van der Waals surface area contributed by atoms with Crippen LogP contribution in [-0.2, 0) is 14.3 Å². The molecule has 1 fully saturated rings. The monoisotopic (exact) mass is 324 g/mol. The number of anilines is 2. The van der Waals surface area contributed by atoms with Crippen molar-refractivity contribution in [2.45, 2.75) is 6.23 Å². The van der Waals surface area contributed by atoms with Gasteiger partial charge >= 0.3 is 0 Å². The molecular formula is C15H21FN4O3. The van der Waals surface area contributed by atoms with Gasteiger partial charge in [0.2, 0.25) is 12.8 Å². The van der Waals surface area contributed by atoms with Crippen molar-refractivity contribution in [1.29, 1.82) is 0 Å². The quantitative estimate of drug-likeness (QED) is 0.517. The summed E-state index contributed by atoms with van der Waals surface area (Å²) in [6.45, 7) is 3.19. The molecule has 0 saturated carbocycles. The second kappa shape index (κ2) is 8.44. The van der Waals surface area contributed by atoms with Gasteiger partial charge in [-0.15, -0.1) is 0 Å². The zero-order chi connectivity index (χ0) is 16.7. The van der Waals surface area contributed by atoms with Gasteiger partial charge in [0.25, 0.3) is 0 Å². The van der Waals surface area contributed by atoms with Crippen molar-refractivity contribution < 1.29 is 18.7 Å². The first-order valence-electron chi connectivity index (χ1n) is 7.39. The normalized spacial score (nSPS) is 15.8. The van der Waals surface area contributed by atoms with Crippen LogP contribution in [0.15, 0.2) is 18.2 Å². The van der Waals surface area contributed by atoms with E-state index in [0.29, 0.717) is 24.2 Å². The molecule has 23 heavy (non-hydrogen) atoms. The van der Waals surface area contributed by atoms with Gasteiger partial charge in [0.05, 0.1) is 12.2 Å². The summed E-state index contributed by atoms with van der Waals surface area (Å²) < 4.78 is 19.4. The minimum Gasteiger partial charge on any atom is -0.367 e. The minimum atomic E-state index is -0.659. The number of methoxy groups -OCH3 is 1. The van der Waals surface area contributed by atoms with E-state index >= 15 is 0 Å². The van der Waals surface area contributed by atoms with Crippen LogP contribution in [0.4, 0.5) is 15.8 Å². The predicted molar refractivity (Wildman–Crippen MR) is 84.9 cm³/mol. The fraction of sp³-hybridized carbons (Fsp3) is 0.467. The van der Waals surface area contributed by atoms with E-state index in [-0.39, 0.29) is 12.4 Å². The molecule has 1 aromatic rings. The third-order valence-electron chi connectivity index (χ3n) is 3.75. The van der Waals surface area contributed by atoms with Crippen LogP contribution in [0.1, 0.15) is 0 Å². The average Bonchev–Trinajstić information content (AvgIpc) is 2.59. The summed E-state index contributed by atoms with van der Waals surface area (Å²) in [5.41, 5.74) is 0.932. The number of nitrogens with zero attached hydrogens (tertiary/aromatic N) is 2. The van der Waals surface area contributed by atoms with Crippen molar-refractivity contribution in [3.05, 3.63) is 24.0 Å². The second-order valence-corrected chi connectivity index (χ2v) is 5.14. The molecule has 1 saturated heterocycles. The van der Waals surface area contributed by atoms with E-state index in [4.69, 9.17) is 4.74 Å². The number of carbonyl (C=O) groups is 2. The van der Waals surface area contributed by atoms with E-state index < -0.39 is 6.23 Å². The zero-order valence-electron chi connectivity index (χ0n) is 13.0. The van der Waals surface area contributed by atoms with Gasteiger partial charge in [0.1, 0.15) is 12.0 Å². The molecule has 2 amide bonds. The van der Waals surface area contributed by atoms with Gasteiger partial charge in [0, 0.05) is 39.0 Å². The molecule has 0 bridgehead atoms. The highest BCUT2D eigenvalue weighted by Crippen LogP contribution is 2.25. The summed E-state index contributed by atoms with van der Waals surface area (Å²) in [7, 11) is 1.41. The Kier molecular flexibility index (Phi) is 6.30. The molecule has 1 aliphatic heterocycles. The fourth-order valence-electron chi connectivity index (χ4n) is 2.50. The van der Waals surface area contributed by atoms with Crippen molar-refractivity contribution >= 4 is 24.2 Å². The number of amides is 2. The third kappa shape index (κ3) is 4.40. The number of halogens is 1. The Labute approximate surface area is 134 Å². The Morgan fingerprint density at radius 1 is 1.43 bits per heavy atom. The number of piperazine rings is 1. The summed E-state index contributed by atoms with van der Waals surface area (Å²) in [5.74, 6) is -0.381. The van der Waals surface area contributed by atoms with Gasteiger partial charge in [-0.25, -0.2) is 4.39 Å². The number of hydrogen-bond acceptors (Lipinski definition) is 5. The first-order chi connectivity index (χ1) is 11.2. The maximum Gasteiger partial charge on any atom is 0.214 e. The van der Waals surface area contributed by atoms with Crippen LogP contribution in [0, 0.1) is 5.82 Å². The summed E-state index contributed by atoms with van der Waals surface area (Å²) in [6.07, 6.45) is 0.414. The van der Waals surface area contributed by atoms with Crippen LogP contribution in [0.25, 0.3) is 0 Å². The lowest BCUT2D eigenvalue weighted by Crippen LogP contribution is -2.44. The van der Waals surface area contributed by atoms with Crippen LogP contribution >= 0.6 is 0 Å². The van der Waals surface area contributed by atoms with E-state index in [1.165, 1.54) is 18.1 Å². The van der Waals surface area contributed by atoms with Gasteiger partial charge in [0.15, 0.2) is 0 Å². The smallest absolute Gasteiger partial charge is 0.214 e. The lowest BCUT2D eigenvalue weighted by atomic mass is 10.2. The van der Waals surface area contributed by atoms with Crippen LogP contribution in [0.3, 0.4) is 0 Å². The Balaban J connectivity index is 2.13. The molecule has 1 aromatic carbocycles. The van der Waals surface area contributed by atoms with Crippen molar-refractivity contribution in [1.82, 2.24) is 10.6 Å². The van der Waals surface area contributed by atoms with Crippen molar-refractivity contribution in [3.63, 3.8) is 0 Å². The molecule has 1 atom stereocenters. The molecule has 1 unspecified atom stereocenters. The van der Waals surface area contributed by atoms with E-state index in [1.54, 1.807) is 12.1 Å². The standard InChI is InChI=1S/C15H21FN4O3/c1-23-15(18-10-21)9-20(11-22)12-2-3-14(13(16)8-12)19-6-4-17-5-7-19/h2-3,8,10-11,15,17H,4-7,9H2,1H3,(H,18,21). The Bertz CT molecular complexity index is 537. The highest BCUT2D eigenvalue weighted by molar-refractivity contribution is 5.76. The summed E-state index contributed by atoms with van der Waals surface area (Å²) in [6, 6.07) is 4.67. The third-order valence-corrected chi connectivity index (χ3v) is 3.75. The molecule has 7 nitrogen and oxygen atoms in total. The van der Waals surface area contributed by atoms with Crippen molar-refractivity contribution in [3.8, 4) is 0 Å². The van der Waals surface area contributed by atoms with Gasteiger partial charge in [-0.3, -0.25) is 9.59 Å². The van der Waals surface area contributed by atoms with Crippen LogP contribution in [-0.4, -0.2) is 58.9 Å². The van der Waals surface area contributed by atoms with E-state index in [2.05, 4.69) is 10.6 Å². The molecule has 126 valence electrons. The summed E-state index contributed by atoms with van der Waals surface area (Å²) >= 11 is 0. The number of hydrogen-bond donors (Lipinski definition) is 2. The topological polar surface area (TPSA) is 73.9 Å². The van der Waals surface area contributed by atoms with E-state index in [9.17, 15) is 14.0 Å². The maximum atomic E-state index is 14.4. The molecule has 1 heterocycles. The zero-order valence-corrected chi connectivity index (χ0v) is 13.0. The van der Waals surface area contributed by atoms with Crippen molar-refractivity contribution in [2.24, 2.45) is 0 Å². The number of benzene rings is 1. The highest BCUT2D eigenvalue weighted by Gasteiger charge is 2.18. The van der Waals surface area contributed by atoms with Gasteiger partial charge < -0.3 is 25.2 Å². The molecule has 0 aliphatic carbocycles. The van der Waals surface area contributed by atoms with Crippen LogP contribution < -0.4 is 20.4 Å². The molecule has 2 rings (SSSR count). The Hall–Kier alpha value is -2.19. The van der Waals surface area contributed by atoms with E-state index in [0.717, 1.165) is 26.2 Å². The van der Waals surface area contributed by atoms with Gasteiger partial charge in [-0.2, -0.15) is 0 Å². The SMILES string of the molecule is COC(CN(C=O)c1ccc(N2CCNCC2)c(F)c1)NC=O. The molecule has 0 radical (unpaired) electrons. The summed E-state index contributed by atoms with van der Waals surface area (Å²) in [4.78, 5) is 25.0. The lowest BCUT2D eigenvalue weighted by Gasteiger charge is -2.30. The lowest BCUT2D eigenvalue weighted by molar-refractivity contribution is -0.113. The fourth-order valence-corrected chi connectivity index (χ4v) is 2.50. The second-order valence-electron chi connectivity index (χ2n) is 5.14. The van der Waals surface area contributed by atoms with Crippen LogP contribution in [0.5, 0.6) is 0 Å². The molecule has 0 spiro atoms. The maximum absolute atomic E-state index is 14.4. The number of rotatable bonds is 8. The molecular weight excluding hydrogens is 303 g/mol. The van der Waals surface area contributed by atoms with Crippen molar-refractivity contribution in [2.75, 3.05) is 49.6 Å². The Morgan fingerprint density at radius 3 is 2.74 bits per heavy atom. The molecule has 8 heteroatoms. The largest absolute Gasteiger partial charge is 0.367 e. The Morgan fingerprint density at radius 2 is 2.17 bits per heavy atom. The van der Waals surface area contributed by atoms with E-state index in [1.807, 2.05) is 4.90 Å². The van der Waals surface area contributed by atoms with Crippen LogP contribution in [0.2, 0.25) is 0 Å². The number of ether oxygens (including phenoxy) is 1. The predicted octanol–water partition coefficient (Wildman–Crippen LogP) is -0.0834. The molecule has 1 aliphatic rings. The number of nitrogens with one attached hydrogen (secondary N) is 2. The highest BCUT2D eigenvalue weighted by atomic mass is 19.1. The number of carbonyl (C=O) groups excluding carboxylic acids is 2. The van der Waals surface area contributed by atoms with Gasteiger partial charge in [-0.1, -0.05) is 0 Å². The first-order valence-corrected chi connectivity index (χ1v) is 7.39. The summed E-state index contributed by atoms with van der Waals surface area (Å²) in [5, 5.41) is 5.65. The first kappa shape index (κ1) is 17.2. The average molecular weight is 324 g/mol. The van der Waals surface area contributed by atoms with Gasteiger partial charge in [-0.05, 0) is 18.2 Å². The molecule has 2 N–H and O–H groups in total. The molecule has 0 aromatic heterocycles. The minimum absolute atomic E-state index is 0.0885.